The maximum atomic E-state index is 12.3. The second-order valence-corrected chi connectivity index (χ2v) is 6.26. The molecule has 6 nitrogen and oxygen atoms in total. The molecular formula is C14H13N3O3S2. The number of para-hydroxylation sites is 1. The van der Waals surface area contributed by atoms with Crippen LogP contribution in [-0.2, 0) is 4.79 Å². The average Bonchev–Trinajstić information content (AvgIpc) is 2.92. The fourth-order valence-corrected chi connectivity index (χ4v) is 3.02. The molecule has 0 aliphatic heterocycles. The Morgan fingerprint density at radius 3 is 2.91 bits per heavy atom. The minimum absolute atomic E-state index is 0.207. The normalized spacial score (nSPS) is 10.0. The fourth-order valence-electron chi connectivity index (χ4n) is 1.51. The van der Waals surface area contributed by atoms with Gasteiger partial charge in [0.25, 0.3) is 5.91 Å². The van der Waals surface area contributed by atoms with E-state index in [2.05, 4.69) is 22.1 Å². The van der Waals surface area contributed by atoms with Crippen LogP contribution in [0.15, 0.2) is 41.3 Å². The molecule has 0 saturated carbocycles. The van der Waals surface area contributed by atoms with Gasteiger partial charge in [-0.05, 0) is 12.1 Å². The van der Waals surface area contributed by atoms with Crippen molar-refractivity contribution in [1.29, 1.82) is 0 Å². The number of benzene rings is 1. The van der Waals surface area contributed by atoms with Crippen LogP contribution < -0.4 is 10.1 Å². The molecule has 1 N–H and O–H groups in total. The summed E-state index contributed by atoms with van der Waals surface area (Å²) in [6, 6.07) is 6.50. The smallest absolute Gasteiger partial charge is 0.308 e. The van der Waals surface area contributed by atoms with Gasteiger partial charge in [-0.3, -0.25) is 14.9 Å². The molecular weight excluding hydrogens is 322 g/mol. The molecule has 0 radical (unpaired) electrons. The number of amides is 1. The lowest BCUT2D eigenvalue weighted by atomic mass is 10.2. The average molecular weight is 335 g/mol. The molecule has 22 heavy (non-hydrogen) atoms. The summed E-state index contributed by atoms with van der Waals surface area (Å²) in [7, 11) is 0. The first-order valence-electron chi connectivity index (χ1n) is 6.26. The van der Waals surface area contributed by atoms with Gasteiger partial charge in [-0.25, -0.2) is 0 Å². The Kier molecular flexibility index (Phi) is 5.68. The number of thioether (sulfide) groups is 1. The van der Waals surface area contributed by atoms with Crippen LogP contribution in [0.3, 0.4) is 0 Å². The lowest BCUT2D eigenvalue weighted by Gasteiger charge is -2.07. The largest absolute Gasteiger partial charge is 0.426 e. The van der Waals surface area contributed by atoms with Crippen molar-refractivity contribution in [2.45, 2.75) is 11.3 Å². The van der Waals surface area contributed by atoms with Crippen molar-refractivity contribution >= 4 is 40.1 Å². The molecule has 0 atom stereocenters. The molecule has 0 spiro atoms. The van der Waals surface area contributed by atoms with E-state index in [1.807, 2.05) is 0 Å². The Hall–Kier alpha value is -2.19. The maximum absolute atomic E-state index is 12.3. The Morgan fingerprint density at radius 1 is 1.41 bits per heavy atom. The zero-order chi connectivity index (χ0) is 15.9. The number of rotatable bonds is 6. The van der Waals surface area contributed by atoms with Crippen LogP contribution in [0.4, 0.5) is 5.13 Å². The Labute approximate surface area is 135 Å². The quantitative estimate of drug-likeness (QED) is 0.287. The molecule has 0 saturated heterocycles. The summed E-state index contributed by atoms with van der Waals surface area (Å²) in [5, 5.41) is 10.9. The topological polar surface area (TPSA) is 81.2 Å². The zero-order valence-corrected chi connectivity index (χ0v) is 13.4. The molecule has 1 aromatic heterocycles. The van der Waals surface area contributed by atoms with Gasteiger partial charge in [0.05, 0.1) is 5.56 Å². The number of hydrogen-bond donors (Lipinski definition) is 1. The number of hydrogen-bond acceptors (Lipinski definition) is 7. The summed E-state index contributed by atoms with van der Waals surface area (Å²) in [6.07, 6.45) is 1.76. The van der Waals surface area contributed by atoms with Crippen LogP contribution in [0, 0.1) is 0 Å². The van der Waals surface area contributed by atoms with Crippen LogP contribution in [0.2, 0.25) is 0 Å². The van der Waals surface area contributed by atoms with Gasteiger partial charge in [0, 0.05) is 12.7 Å². The summed E-state index contributed by atoms with van der Waals surface area (Å²) >= 11 is 2.75. The predicted molar refractivity (Wildman–Crippen MR) is 86.5 cm³/mol. The number of nitrogens with zero attached hydrogens (tertiary/aromatic N) is 2. The molecule has 0 bridgehead atoms. The van der Waals surface area contributed by atoms with Gasteiger partial charge in [-0.2, -0.15) is 0 Å². The van der Waals surface area contributed by atoms with E-state index in [-0.39, 0.29) is 11.3 Å². The molecule has 114 valence electrons. The Morgan fingerprint density at radius 2 is 2.18 bits per heavy atom. The number of aromatic nitrogens is 2. The van der Waals surface area contributed by atoms with Crippen molar-refractivity contribution in [2.75, 3.05) is 11.1 Å². The van der Waals surface area contributed by atoms with E-state index < -0.39 is 11.9 Å². The molecule has 8 heteroatoms. The third-order valence-corrected chi connectivity index (χ3v) is 4.30. The number of carbonyl (C=O) groups excluding carboxylic acids is 2. The second kappa shape index (κ2) is 7.71. The standard InChI is InChI=1S/C14H13N3O3S2/c1-3-8-21-14-17-16-13(22-14)15-12(19)10-6-4-5-7-11(10)20-9(2)18/h3-7H,1,8H2,2H3,(H,15,16,19). The van der Waals surface area contributed by atoms with Crippen LogP contribution in [-0.4, -0.2) is 27.8 Å². The third kappa shape index (κ3) is 4.40. The molecule has 1 amide bonds. The van der Waals surface area contributed by atoms with Gasteiger partial charge in [0.2, 0.25) is 5.13 Å². The van der Waals surface area contributed by atoms with E-state index >= 15 is 0 Å². The van der Waals surface area contributed by atoms with Gasteiger partial charge in [-0.15, -0.1) is 16.8 Å². The predicted octanol–water partition coefficient (Wildman–Crippen LogP) is 2.99. The molecule has 0 aliphatic carbocycles. The number of anilines is 1. The highest BCUT2D eigenvalue weighted by atomic mass is 32.2. The Balaban J connectivity index is 2.10. The zero-order valence-electron chi connectivity index (χ0n) is 11.7. The summed E-state index contributed by atoms with van der Waals surface area (Å²) in [6.45, 7) is 4.91. The van der Waals surface area contributed by atoms with Gasteiger partial charge in [-0.1, -0.05) is 41.3 Å². The van der Waals surface area contributed by atoms with Gasteiger partial charge >= 0.3 is 5.97 Å². The summed E-state index contributed by atoms with van der Waals surface area (Å²) < 4.78 is 5.75. The van der Waals surface area contributed by atoms with Crippen molar-refractivity contribution < 1.29 is 14.3 Å². The number of ether oxygens (including phenoxy) is 1. The van der Waals surface area contributed by atoms with E-state index in [0.717, 1.165) is 10.1 Å². The van der Waals surface area contributed by atoms with Crippen molar-refractivity contribution in [2.24, 2.45) is 0 Å². The summed E-state index contributed by atoms with van der Waals surface area (Å²) in [5.74, 6) is 0.0310. The molecule has 0 aliphatic rings. The van der Waals surface area contributed by atoms with E-state index in [0.29, 0.717) is 5.13 Å². The SMILES string of the molecule is C=CCSc1nnc(NC(=O)c2ccccc2OC(C)=O)s1. The number of carbonyl (C=O) groups is 2. The van der Waals surface area contributed by atoms with Crippen molar-refractivity contribution in [3.63, 3.8) is 0 Å². The molecule has 2 aromatic rings. The molecule has 0 fully saturated rings. The minimum Gasteiger partial charge on any atom is -0.426 e. The highest BCUT2D eigenvalue weighted by molar-refractivity contribution is 8.01. The first kappa shape index (κ1) is 16.2. The first-order chi connectivity index (χ1) is 10.6. The van der Waals surface area contributed by atoms with Crippen molar-refractivity contribution in [3.05, 3.63) is 42.5 Å². The lowest BCUT2D eigenvalue weighted by Crippen LogP contribution is -2.14. The van der Waals surface area contributed by atoms with E-state index in [9.17, 15) is 9.59 Å². The van der Waals surface area contributed by atoms with Crippen molar-refractivity contribution in [3.8, 4) is 5.75 Å². The lowest BCUT2D eigenvalue weighted by molar-refractivity contribution is -0.131. The van der Waals surface area contributed by atoms with Crippen LogP contribution in [0.25, 0.3) is 0 Å². The molecule has 1 heterocycles. The van der Waals surface area contributed by atoms with Gasteiger partial charge in [0.1, 0.15) is 5.75 Å². The maximum Gasteiger partial charge on any atom is 0.308 e. The highest BCUT2D eigenvalue weighted by Gasteiger charge is 2.15. The molecule has 2 rings (SSSR count). The monoisotopic (exact) mass is 335 g/mol. The van der Waals surface area contributed by atoms with Crippen molar-refractivity contribution in [1.82, 2.24) is 10.2 Å². The summed E-state index contributed by atoms with van der Waals surface area (Å²) in [4.78, 5) is 23.3. The summed E-state index contributed by atoms with van der Waals surface area (Å²) in [5.41, 5.74) is 0.258. The number of nitrogens with one attached hydrogen (secondary N) is 1. The van der Waals surface area contributed by atoms with Gasteiger partial charge < -0.3 is 4.74 Å². The Bertz CT molecular complexity index is 700. The van der Waals surface area contributed by atoms with Crippen LogP contribution >= 0.6 is 23.1 Å². The van der Waals surface area contributed by atoms with E-state index in [4.69, 9.17) is 4.74 Å². The van der Waals surface area contributed by atoms with E-state index in [1.165, 1.54) is 30.0 Å². The third-order valence-electron chi connectivity index (χ3n) is 2.34. The molecule has 1 aromatic carbocycles. The van der Waals surface area contributed by atoms with Gasteiger partial charge in [0.15, 0.2) is 4.34 Å². The fraction of sp³-hybridized carbons (Fsp3) is 0.143. The minimum atomic E-state index is -0.487. The molecule has 0 unspecified atom stereocenters. The highest BCUT2D eigenvalue weighted by Crippen LogP contribution is 2.26. The van der Waals surface area contributed by atoms with E-state index in [1.54, 1.807) is 30.3 Å². The number of esters is 1. The van der Waals surface area contributed by atoms with Crippen LogP contribution in [0.1, 0.15) is 17.3 Å². The second-order valence-electron chi connectivity index (χ2n) is 4.02. The first-order valence-corrected chi connectivity index (χ1v) is 8.06. The van der Waals surface area contributed by atoms with Crippen LogP contribution in [0.5, 0.6) is 5.75 Å².